The first-order valence-electron chi connectivity index (χ1n) is 21.5. The second-order valence-electron chi connectivity index (χ2n) is 17.5. The second kappa shape index (κ2) is 17.2. The Morgan fingerprint density at radius 2 is 0.492 bits per heavy atom. The number of hydrogen-bond donors (Lipinski definition) is 0. The molecular formula is C56H52CuN4. The van der Waals surface area contributed by atoms with E-state index in [1.54, 1.807) is 0 Å². The summed E-state index contributed by atoms with van der Waals surface area (Å²) < 4.78 is 0. The van der Waals surface area contributed by atoms with Crippen molar-refractivity contribution >= 4 is 46.4 Å². The summed E-state index contributed by atoms with van der Waals surface area (Å²) in [7, 11) is 0. The first kappa shape index (κ1) is 41.7. The Hall–Kier alpha value is -6.00. The average molecular weight is 845 g/mol. The topological polar surface area (TPSA) is 54.0 Å². The molecule has 0 atom stereocenters. The minimum Gasteiger partial charge on any atom is -0.657 e. The predicted molar refractivity (Wildman–Crippen MR) is 255 cm³/mol. The molecule has 7 aromatic rings. The molecule has 0 saturated carbocycles. The third-order valence-electron chi connectivity index (χ3n) is 12.1. The molecule has 0 amide bonds. The van der Waals surface area contributed by atoms with E-state index < -0.39 is 0 Å². The Morgan fingerprint density at radius 3 is 0.672 bits per heavy atom. The largest absolute Gasteiger partial charge is 2.00 e. The summed E-state index contributed by atoms with van der Waals surface area (Å²) in [5.74, 6) is 1.70. The first-order chi connectivity index (χ1) is 29.0. The first-order valence-corrected chi connectivity index (χ1v) is 21.5. The van der Waals surface area contributed by atoms with E-state index >= 15 is 0 Å². The molecule has 3 aromatic heterocycles. The average Bonchev–Trinajstić information content (AvgIpc) is 4.10. The van der Waals surface area contributed by atoms with Crippen molar-refractivity contribution in [3.8, 4) is 44.5 Å². The quantitative estimate of drug-likeness (QED) is 0.143. The number of rotatable bonds is 8. The van der Waals surface area contributed by atoms with Crippen LogP contribution in [0, 0.1) is 0 Å². The van der Waals surface area contributed by atoms with Gasteiger partial charge in [0, 0.05) is 0 Å². The van der Waals surface area contributed by atoms with Gasteiger partial charge in [0.25, 0.3) is 0 Å². The fourth-order valence-electron chi connectivity index (χ4n) is 8.41. The van der Waals surface area contributed by atoms with Gasteiger partial charge in [-0.15, -0.1) is 22.1 Å². The second-order valence-corrected chi connectivity index (χ2v) is 17.5. The van der Waals surface area contributed by atoms with Crippen molar-refractivity contribution in [2.75, 3.05) is 0 Å². The molecule has 61 heavy (non-hydrogen) atoms. The van der Waals surface area contributed by atoms with Gasteiger partial charge >= 0.3 is 17.1 Å². The van der Waals surface area contributed by atoms with E-state index in [1.165, 1.54) is 22.3 Å². The van der Waals surface area contributed by atoms with Gasteiger partial charge in [0.2, 0.25) is 0 Å². The van der Waals surface area contributed by atoms with Gasteiger partial charge in [-0.05, 0) is 115 Å². The van der Waals surface area contributed by atoms with Gasteiger partial charge in [0.15, 0.2) is 0 Å². The number of nitrogens with zero attached hydrogens (tertiary/aromatic N) is 4. The normalized spacial score (nSPS) is 12.3. The molecule has 5 heterocycles. The van der Waals surface area contributed by atoms with Crippen LogP contribution in [0.4, 0.5) is 0 Å². The third kappa shape index (κ3) is 8.13. The maximum atomic E-state index is 5.48. The van der Waals surface area contributed by atoms with Gasteiger partial charge < -0.3 is 9.97 Å². The Bertz CT molecular complexity index is 2540. The van der Waals surface area contributed by atoms with Crippen LogP contribution in [0.2, 0.25) is 0 Å². The van der Waals surface area contributed by atoms with E-state index in [1.807, 2.05) is 0 Å². The number of hydrogen-bond acceptors (Lipinski definition) is 2. The van der Waals surface area contributed by atoms with Crippen LogP contribution >= 0.6 is 0 Å². The smallest absolute Gasteiger partial charge is 0.657 e. The fraction of sp³-hybridized carbons (Fsp3) is 0.214. The zero-order valence-corrected chi connectivity index (χ0v) is 37.2. The molecule has 0 unspecified atom stereocenters. The van der Waals surface area contributed by atoms with E-state index in [-0.39, 0.29) is 17.1 Å². The van der Waals surface area contributed by atoms with Crippen LogP contribution < -0.4 is 9.97 Å². The van der Waals surface area contributed by atoms with E-state index in [4.69, 9.17) is 19.9 Å². The molecule has 4 aromatic carbocycles. The van der Waals surface area contributed by atoms with Crippen molar-refractivity contribution in [1.29, 1.82) is 0 Å². The van der Waals surface area contributed by atoms with Crippen LogP contribution in [-0.4, -0.2) is 9.97 Å². The Balaban J connectivity index is 0.00000514. The van der Waals surface area contributed by atoms with Gasteiger partial charge in [-0.1, -0.05) is 177 Å². The third-order valence-corrected chi connectivity index (χ3v) is 12.1. The summed E-state index contributed by atoms with van der Waals surface area (Å²) in [5.41, 5.74) is 20.4. The Kier molecular flexibility index (Phi) is 11.7. The van der Waals surface area contributed by atoms with Crippen LogP contribution in [0.15, 0.2) is 121 Å². The molecule has 5 heteroatoms. The van der Waals surface area contributed by atoms with Gasteiger partial charge in [-0.2, -0.15) is 0 Å². The van der Waals surface area contributed by atoms with Crippen LogP contribution in [-0.2, 0) is 17.1 Å². The van der Waals surface area contributed by atoms with Crippen LogP contribution in [0.25, 0.3) is 90.9 Å². The molecule has 0 spiro atoms. The number of benzene rings is 4. The monoisotopic (exact) mass is 843 g/mol. The van der Waals surface area contributed by atoms with E-state index in [0.717, 1.165) is 89.4 Å². The molecule has 0 fully saturated rings. The van der Waals surface area contributed by atoms with Gasteiger partial charge in [0.05, 0.1) is 22.8 Å². The molecule has 8 bridgehead atoms. The summed E-state index contributed by atoms with van der Waals surface area (Å²) in [6.45, 7) is 17.9. The molecule has 9 rings (SSSR count). The number of aromatic nitrogens is 4. The van der Waals surface area contributed by atoms with Crippen molar-refractivity contribution in [3.05, 3.63) is 166 Å². The molecule has 2 aliphatic heterocycles. The predicted octanol–water partition coefficient (Wildman–Crippen LogP) is 15.1. The minimum atomic E-state index is 0. The molecule has 2 aliphatic rings. The summed E-state index contributed by atoms with van der Waals surface area (Å²) in [5, 5.41) is 0. The standard InChI is InChI=1S/C56H52N4.Cu/c1-33(2)37-9-17-41(18-10-37)53-45-25-27-47(57-45)54(42-19-11-38(12-20-42)34(3)4)49-29-31-51(59-49)56(44-23-15-40(16-24-44)36(7)8)52-32-30-50(60-52)55(48-28-26-46(53)58-48)43-21-13-39(14-22-43)35(5)6;/h9-36H,1-8H3;/q-2;+2. The van der Waals surface area contributed by atoms with Crippen LogP contribution in [0.1, 0.15) is 124 Å². The van der Waals surface area contributed by atoms with E-state index in [2.05, 4.69) is 201 Å². The summed E-state index contributed by atoms with van der Waals surface area (Å²) in [6.07, 6.45) is 8.59. The van der Waals surface area contributed by atoms with Crippen molar-refractivity contribution in [1.82, 2.24) is 19.9 Å². The SMILES string of the molecule is CC(C)c1ccc(-c2c3nc(c(-c4ccc(C(C)C)cc4)c4ccc([n-]4)c(-c4ccc(C(C)C)cc4)c4nc(c(-c5ccc(C(C)C)cc5)c5ccc2[n-]5)C=C4)C=C3)cc1.[Cu+2]. The van der Waals surface area contributed by atoms with Gasteiger partial charge in [-0.25, -0.2) is 9.97 Å². The van der Waals surface area contributed by atoms with Gasteiger partial charge in [0.1, 0.15) is 0 Å². The summed E-state index contributed by atoms with van der Waals surface area (Å²) >= 11 is 0. The maximum absolute atomic E-state index is 5.48. The van der Waals surface area contributed by atoms with Crippen molar-refractivity contribution in [3.63, 3.8) is 0 Å². The van der Waals surface area contributed by atoms with Crippen LogP contribution in [0.5, 0.6) is 0 Å². The Morgan fingerprint density at radius 1 is 0.295 bits per heavy atom. The van der Waals surface area contributed by atoms with Crippen molar-refractivity contribution in [2.24, 2.45) is 0 Å². The van der Waals surface area contributed by atoms with Crippen LogP contribution in [0.3, 0.4) is 0 Å². The summed E-state index contributed by atoms with van der Waals surface area (Å²) in [6, 6.07) is 44.2. The van der Waals surface area contributed by atoms with E-state index in [9.17, 15) is 0 Å². The molecular weight excluding hydrogens is 792 g/mol. The molecule has 1 radical (unpaired) electrons. The van der Waals surface area contributed by atoms with Gasteiger partial charge in [-0.3, -0.25) is 0 Å². The van der Waals surface area contributed by atoms with E-state index in [0.29, 0.717) is 23.7 Å². The van der Waals surface area contributed by atoms with Crippen molar-refractivity contribution in [2.45, 2.75) is 79.1 Å². The molecule has 4 nitrogen and oxygen atoms in total. The molecule has 0 N–H and O–H groups in total. The number of fused-ring (bicyclic) bond motifs is 8. The summed E-state index contributed by atoms with van der Waals surface area (Å²) in [4.78, 5) is 21.9. The zero-order valence-electron chi connectivity index (χ0n) is 36.3. The molecule has 0 aliphatic carbocycles. The maximum Gasteiger partial charge on any atom is 2.00 e. The molecule has 0 saturated heterocycles. The fourth-order valence-corrected chi connectivity index (χ4v) is 8.41. The minimum absolute atomic E-state index is 0. The Labute approximate surface area is 371 Å². The van der Waals surface area contributed by atoms with Crippen molar-refractivity contribution < 1.29 is 17.1 Å². The molecule has 307 valence electrons. The zero-order chi connectivity index (χ0) is 41.7.